The first kappa shape index (κ1) is 16.6. The number of likely N-dealkylation sites (tertiary alicyclic amines) is 1. The molecule has 0 aromatic carbocycles. The van der Waals surface area contributed by atoms with Crippen molar-refractivity contribution in [3.63, 3.8) is 0 Å². The Labute approximate surface area is 141 Å². The summed E-state index contributed by atoms with van der Waals surface area (Å²) in [5.74, 6) is 1.80. The van der Waals surface area contributed by atoms with Crippen molar-refractivity contribution in [3.05, 3.63) is 29.8 Å². The molecular weight excluding hydrogens is 306 g/mol. The second-order valence-electron chi connectivity index (χ2n) is 6.27. The lowest BCUT2D eigenvalue weighted by atomic mass is 9.93. The number of carbonyl (C=O) groups excluding carboxylic acids is 1. The average Bonchev–Trinajstić information content (AvgIpc) is 3.05. The molecule has 1 aliphatic rings. The number of aryl methyl sites for hydroxylation is 1. The zero-order valence-electron chi connectivity index (χ0n) is 14.2. The van der Waals surface area contributed by atoms with Gasteiger partial charge in [0, 0.05) is 19.2 Å². The van der Waals surface area contributed by atoms with Crippen molar-refractivity contribution < 1.29 is 9.32 Å². The van der Waals surface area contributed by atoms with Crippen molar-refractivity contribution in [2.24, 2.45) is 5.92 Å². The first-order valence-electron chi connectivity index (χ1n) is 8.33. The molecule has 0 unspecified atom stereocenters. The summed E-state index contributed by atoms with van der Waals surface area (Å²) in [5, 5.41) is 6.71. The molecule has 7 heteroatoms. The Hall–Kier alpha value is -2.28. The van der Waals surface area contributed by atoms with Gasteiger partial charge in [-0.2, -0.15) is 4.98 Å². The van der Waals surface area contributed by atoms with Crippen molar-refractivity contribution in [3.8, 4) is 11.5 Å². The van der Waals surface area contributed by atoms with E-state index in [0.29, 0.717) is 24.2 Å². The third kappa shape index (κ3) is 4.17. The van der Waals surface area contributed by atoms with Gasteiger partial charge in [0.1, 0.15) is 5.69 Å². The second kappa shape index (κ2) is 7.53. The number of carbonyl (C=O) groups is 1. The van der Waals surface area contributed by atoms with Crippen molar-refractivity contribution in [2.45, 2.75) is 26.2 Å². The second-order valence-corrected chi connectivity index (χ2v) is 6.27. The third-order valence-electron chi connectivity index (χ3n) is 4.40. The molecule has 0 atom stereocenters. The minimum absolute atomic E-state index is 0.0700. The van der Waals surface area contributed by atoms with E-state index >= 15 is 0 Å². The Morgan fingerprint density at radius 3 is 2.83 bits per heavy atom. The highest BCUT2D eigenvalue weighted by Gasteiger charge is 2.23. The predicted octanol–water partition coefficient (Wildman–Crippen LogP) is 1.44. The van der Waals surface area contributed by atoms with Gasteiger partial charge in [0.2, 0.25) is 17.6 Å². The first-order valence-corrected chi connectivity index (χ1v) is 8.33. The molecule has 0 saturated carbocycles. The van der Waals surface area contributed by atoms with Crippen LogP contribution in [0.4, 0.5) is 0 Å². The minimum Gasteiger partial charge on any atom is -0.358 e. The number of rotatable bonds is 5. The lowest BCUT2D eigenvalue weighted by Gasteiger charge is -2.30. The van der Waals surface area contributed by atoms with E-state index in [4.69, 9.17) is 4.52 Å². The predicted molar refractivity (Wildman–Crippen MR) is 89.2 cm³/mol. The molecule has 1 N–H and O–H groups in total. The van der Waals surface area contributed by atoms with E-state index in [-0.39, 0.29) is 5.91 Å². The maximum atomic E-state index is 11.4. The highest BCUT2D eigenvalue weighted by atomic mass is 16.5. The maximum absolute atomic E-state index is 11.4. The molecule has 7 nitrogen and oxygen atoms in total. The van der Waals surface area contributed by atoms with Gasteiger partial charge in [-0.05, 0) is 50.9 Å². The van der Waals surface area contributed by atoms with Gasteiger partial charge in [0.25, 0.3) is 0 Å². The molecule has 0 radical (unpaired) electrons. The van der Waals surface area contributed by atoms with Gasteiger partial charge >= 0.3 is 0 Å². The Morgan fingerprint density at radius 1 is 1.33 bits per heavy atom. The number of hydrogen-bond acceptors (Lipinski definition) is 6. The number of amides is 1. The third-order valence-corrected chi connectivity index (χ3v) is 4.40. The van der Waals surface area contributed by atoms with E-state index < -0.39 is 0 Å². The molecule has 3 heterocycles. The monoisotopic (exact) mass is 329 g/mol. The average molecular weight is 329 g/mol. The Morgan fingerprint density at radius 2 is 2.12 bits per heavy atom. The van der Waals surface area contributed by atoms with E-state index in [9.17, 15) is 4.79 Å². The quantitative estimate of drug-likeness (QED) is 0.893. The molecule has 24 heavy (non-hydrogen) atoms. The number of aromatic nitrogens is 3. The number of nitrogens with one attached hydrogen (secondary N) is 1. The SMILES string of the molecule is CNC(=O)CN1CCC(Cc2nc(-c3cccc(C)n3)no2)CC1. The van der Waals surface area contributed by atoms with E-state index in [0.717, 1.165) is 43.7 Å². The fraction of sp³-hybridized carbons (Fsp3) is 0.529. The Bertz CT molecular complexity index is 692. The fourth-order valence-electron chi connectivity index (χ4n) is 2.99. The highest BCUT2D eigenvalue weighted by molar-refractivity contribution is 5.77. The summed E-state index contributed by atoms with van der Waals surface area (Å²) in [5.41, 5.74) is 1.67. The van der Waals surface area contributed by atoms with Gasteiger partial charge in [-0.1, -0.05) is 11.2 Å². The lowest BCUT2D eigenvalue weighted by molar-refractivity contribution is -0.122. The minimum atomic E-state index is 0.0700. The summed E-state index contributed by atoms with van der Waals surface area (Å²) in [6.07, 6.45) is 2.86. The van der Waals surface area contributed by atoms with Crippen LogP contribution in [-0.4, -0.2) is 52.6 Å². The molecule has 2 aromatic rings. The van der Waals surface area contributed by atoms with Crippen LogP contribution >= 0.6 is 0 Å². The summed E-state index contributed by atoms with van der Waals surface area (Å²) in [6, 6.07) is 5.77. The zero-order valence-corrected chi connectivity index (χ0v) is 14.2. The highest BCUT2D eigenvalue weighted by Crippen LogP contribution is 2.22. The number of nitrogens with zero attached hydrogens (tertiary/aromatic N) is 4. The van der Waals surface area contributed by atoms with Crippen LogP contribution in [0.1, 0.15) is 24.4 Å². The molecular formula is C17H23N5O2. The smallest absolute Gasteiger partial charge is 0.233 e. The number of likely N-dealkylation sites (N-methyl/N-ethyl adjacent to an activating group) is 1. The fourth-order valence-corrected chi connectivity index (χ4v) is 2.99. The van der Waals surface area contributed by atoms with Gasteiger partial charge in [-0.15, -0.1) is 0 Å². The largest absolute Gasteiger partial charge is 0.358 e. The molecule has 3 rings (SSSR count). The number of pyridine rings is 1. The van der Waals surface area contributed by atoms with E-state index in [1.807, 2.05) is 25.1 Å². The summed E-state index contributed by atoms with van der Waals surface area (Å²) < 4.78 is 5.39. The molecule has 128 valence electrons. The van der Waals surface area contributed by atoms with E-state index in [1.54, 1.807) is 7.05 Å². The molecule has 1 aliphatic heterocycles. The van der Waals surface area contributed by atoms with E-state index in [2.05, 4.69) is 25.3 Å². The summed E-state index contributed by atoms with van der Waals surface area (Å²) >= 11 is 0. The van der Waals surface area contributed by atoms with Crippen LogP contribution in [0.5, 0.6) is 0 Å². The van der Waals surface area contributed by atoms with Crippen molar-refractivity contribution in [1.82, 2.24) is 25.3 Å². The van der Waals surface area contributed by atoms with Crippen LogP contribution in [0.15, 0.2) is 22.7 Å². The van der Waals surface area contributed by atoms with Gasteiger partial charge in [0.05, 0.1) is 6.54 Å². The normalized spacial score (nSPS) is 16.2. The Kier molecular flexibility index (Phi) is 5.20. The Balaban J connectivity index is 1.54. The van der Waals surface area contributed by atoms with Crippen LogP contribution in [0.2, 0.25) is 0 Å². The molecule has 1 amide bonds. The topological polar surface area (TPSA) is 84.2 Å². The first-order chi connectivity index (χ1) is 11.6. The van der Waals surface area contributed by atoms with Crippen molar-refractivity contribution in [2.75, 3.05) is 26.7 Å². The number of hydrogen-bond donors (Lipinski definition) is 1. The van der Waals surface area contributed by atoms with Crippen molar-refractivity contribution >= 4 is 5.91 Å². The van der Waals surface area contributed by atoms with Crippen LogP contribution in [0.25, 0.3) is 11.5 Å². The molecule has 1 fully saturated rings. The van der Waals surface area contributed by atoms with E-state index in [1.165, 1.54) is 0 Å². The molecule has 0 aliphatic carbocycles. The van der Waals surface area contributed by atoms with Gasteiger partial charge < -0.3 is 9.84 Å². The maximum Gasteiger partial charge on any atom is 0.233 e. The molecule has 2 aromatic heterocycles. The standard InChI is InChI=1S/C17H23N5O2/c1-12-4-3-5-14(19-12)17-20-16(24-21-17)10-13-6-8-22(9-7-13)11-15(23)18-2/h3-5,13H,6-11H2,1-2H3,(H,18,23). The zero-order chi connectivity index (χ0) is 16.9. The lowest BCUT2D eigenvalue weighted by Crippen LogP contribution is -2.40. The van der Waals surface area contributed by atoms with Crippen LogP contribution in [0.3, 0.4) is 0 Å². The van der Waals surface area contributed by atoms with Gasteiger partial charge in [0.15, 0.2) is 0 Å². The summed E-state index contributed by atoms with van der Waals surface area (Å²) in [6.45, 7) is 4.28. The van der Waals surface area contributed by atoms with Crippen LogP contribution in [0, 0.1) is 12.8 Å². The molecule has 1 saturated heterocycles. The van der Waals surface area contributed by atoms with Crippen molar-refractivity contribution in [1.29, 1.82) is 0 Å². The summed E-state index contributed by atoms with van der Waals surface area (Å²) in [4.78, 5) is 22.5. The summed E-state index contributed by atoms with van der Waals surface area (Å²) in [7, 11) is 1.67. The van der Waals surface area contributed by atoms with Crippen LogP contribution in [-0.2, 0) is 11.2 Å². The molecule has 0 bridgehead atoms. The van der Waals surface area contributed by atoms with Gasteiger partial charge in [-0.25, -0.2) is 4.98 Å². The van der Waals surface area contributed by atoms with Crippen LogP contribution < -0.4 is 5.32 Å². The van der Waals surface area contributed by atoms with Gasteiger partial charge in [-0.3, -0.25) is 9.69 Å². The number of piperidine rings is 1. The molecule has 0 spiro atoms.